The number of hydrogen-bond acceptors (Lipinski definition) is 7. The fourth-order valence-corrected chi connectivity index (χ4v) is 4.82. The maximum atomic E-state index is 13.1. The second-order valence-electron chi connectivity index (χ2n) is 6.33. The van der Waals surface area contributed by atoms with E-state index in [-0.39, 0.29) is 27.8 Å². The lowest BCUT2D eigenvalue weighted by molar-refractivity contribution is -0.141. The van der Waals surface area contributed by atoms with Gasteiger partial charge < -0.3 is 10.1 Å². The minimum Gasteiger partial charge on any atom is -0.496 e. The molecule has 31 heavy (non-hydrogen) atoms. The number of thiocarbonyl (C=S) groups is 1. The van der Waals surface area contributed by atoms with E-state index in [0.717, 1.165) is 29.6 Å². The number of methoxy groups -OCH3 is 1. The molecule has 1 saturated heterocycles. The number of alkyl halides is 3. The van der Waals surface area contributed by atoms with Crippen LogP contribution in [-0.2, 0) is 16.7 Å². The zero-order chi connectivity index (χ0) is 22.8. The number of pyridine rings is 1. The van der Waals surface area contributed by atoms with Gasteiger partial charge in [-0.05, 0) is 42.3 Å². The van der Waals surface area contributed by atoms with Crippen LogP contribution in [0, 0.1) is 18.3 Å². The Kier molecular flexibility index (Phi) is 6.93. The van der Waals surface area contributed by atoms with Crippen LogP contribution in [0.25, 0.3) is 6.08 Å². The minimum absolute atomic E-state index is 0.00305. The molecule has 2 heterocycles. The monoisotopic (exact) mass is 481 g/mol. The van der Waals surface area contributed by atoms with Crippen LogP contribution in [0.5, 0.6) is 5.75 Å². The van der Waals surface area contributed by atoms with Crippen molar-refractivity contribution in [2.24, 2.45) is 0 Å². The zero-order valence-electron chi connectivity index (χ0n) is 16.2. The first kappa shape index (κ1) is 23.1. The Bertz CT molecular complexity index is 1140. The molecule has 0 bridgehead atoms. The molecule has 3 rings (SSSR count). The Hall–Kier alpha value is -2.55. The molecule has 0 atom stereocenters. The standard InChI is InChI=1S/C20H14F3N3O2S3/c1-10-5-16(20(21,22)23)25-18(13(10)8-24)30-9-12-6-11(3-4-14(12)28-2)7-15-17(27)26-19(29)31-15/h3-7H,9H2,1-2H3,(H,26,27,29)/b15-7+. The number of aryl methyl sites for hydroxylation is 1. The van der Waals surface area contributed by atoms with Gasteiger partial charge in [-0.25, -0.2) is 4.98 Å². The van der Waals surface area contributed by atoms with E-state index in [2.05, 4.69) is 10.3 Å². The number of aromatic nitrogens is 1. The molecule has 1 aromatic carbocycles. The first-order valence-electron chi connectivity index (χ1n) is 8.66. The lowest BCUT2D eigenvalue weighted by atomic mass is 10.1. The molecule has 1 N–H and O–H groups in total. The summed E-state index contributed by atoms with van der Waals surface area (Å²) in [5.74, 6) is 0.445. The summed E-state index contributed by atoms with van der Waals surface area (Å²) in [6, 6.07) is 8.01. The van der Waals surface area contributed by atoms with Gasteiger partial charge in [0.1, 0.15) is 26.9 Å². The number of rotatable bonds is 5. The number of amides is 1. The summed E-state index contributed by atoms with van der Waals surface area (Å²) in [5.41, 5.74) is 0.638. The highest BCUT2D eigenvalue weighted by molar-refractivity contribution is 8.26. The summed E-state index contributed by atoms with van der Waals surface area (Å²) >= 11 is 7.13. The summed E-state index contributed by atoms with van der Waals surface area (Å²) in [4.78, 5) is 16.0. The molecule has 1 fully saturated rings. The maximum Gasteiger partial charge on any atom is 0.433 e. The van der Waals surface area contributed by atoms with Gasteiger partial charge in [0, 0.05) is 11.3 Å². The molecule has 1 aromatic heterocycles. The van der Waals surface area contributed by atoms with Gasteiger partial charge in [-0.2, -0.15) is 18.4 Å². The van der Waals surface area contributed by atoms with Crippen molar-refractivity contribution in [1.29, 1.82) is 5.26 Å². The van der Waals surface area contributed by atoms with Gasteiger partial charge in [0.15, 0.2) is 0 Å². The smallest absolute Gasteiger partial charge is 0.433 e. The second-order valence-corrected chi connectivity index (χ2v) is 9.01. The van der Waals surface area contributed by atoms with E-state index >= 15 is 0 Å². The normalized spacial score (nSPS) is 15.2. The molecule has 1 aliphatic rings. The van der Waals surface area contributed by atoms with Gasteiger partial charge in [0.05, 0.1) is 17.6 Å². The van der Waals surface area contributed by atoms with Crippen LogP contribution >= 0.6 is 35.7 Å². The predicted octanol–water partition coefficient (Wildman–Crippen LogP) is 5.07. The Morgan fingerprint density at radius 3 is 2.71 bits per heavy atom. The Balaban J connectivity index is 1.92. The molecule has 1 aliphatic heterocycles. The van der Waals surface area contributed by atoms with Crippen molar-refractivity contribution in [3.63, 3.8) is 0 Å². The molecule has 0 saturated carbocycles. The summed E-state index contributed by atoms with van der Waals surface area (Å²) in [7, 11) is 1.48. The first-order valence-corrected chi connectivity index (χ1v) is 10.9. The molecule has 11 heteroatoms. The van der Waals surface area contributed by atoms with Gasteiger partial charge in [-0.15, -0.1) is 11.8 Å². The molecule has 5 nitrogen and oxygen atoms in total. The molecular formula is C20H14F3N3O2S3. The van der Waals surface area contributed by atoms with Crippen LogP contribution < -0.4 is 10.1 Å². The average molecular weight is 482 g/mol. The van der Waals surface area contributed by atoms with E-state index < -0.39 is 11.9 Å². The Morgan fingerprint density at radius 2 is 2.13 bits per heavy atom. The SMILES string of the molecule is COc1ccc(/C=C2/SC(=S)NC2=O)cc1CSc1nc(C(F)(F)F)cc(C)c1C#N. The number of nitrogens with zero attached hydrogens (tertiary/aromatic N) is 2. The lowest BCUT2D eigenvalue weighted by Crippen LogP contribution is -2.17. The van der Waals surface area contributed by atoms with E-state index in [9.17, 15) is 23.2 Å². The van der Waals surface area contributed by atoms with Gasteiger partial charge in [0.25, 0.3) is 5.91 Å². The first-order chi connectivity index (χ1) is 14.6. The van der Waals surface area contributed by atoms with Gasteiger partial charge >= 0.3 is 6.18 Å². The highest BCUT2D eigenvalue weighted by Crippen LogP contribution is 2.35. The molecule has 2 aromatic rings. The Labute approximate surface area is 190 Å². The second kappa shape index (κ2) is 9.30. The van der Waals surface area contributed by atoms with E-state index in [1.807, 2.05) is 6.07 Å². The van der Waals surface area contributed by atoms with Gasteiger partial charge in [0.2, 0.25) is 0 Å². The van der Waals surface area contributed by atoms with Gasteiger partial charge in [-0.3, -0.25) is 4.79 Å². The van der Waals surface area contributed by atoms with Crippen LogP contribution in [0.4, 0.5) is 13.2 Å². The molecule has 1 amide bonds. The third-order valence-electron chi connectivity index (χ3n) is 4.19. The minimum atomic E-state index is -4.61. The quantitative estimate of drug-likeness (QED) is 0.363. The summed E-state index contributed by atoms with van der Waals surface area (Å²) in [5, 5.41) is 11.9. The van der Waals surface area contributed by atoms with E-state index in [1.165, 1.54) is 14.0 Å². The van der Waals surface area contributed by atoms with Crippen molar-refractivity contribution in [1.82, 2.24) is 10.3 Å². The summed E-state index contributed by atoms with van der Waals surface area (Å²) in [6.45, 7) is 1.45. The summed E-state index contributed by atoms with van der Waals surface area (Å²) < 4.78 is 45.2. The van der Waals surface area contributed by atoms with Crippen molar-refractivity contribution in [2.45, 2.75) is 23.9 Å². The third-order valence-corrected chi connectivity index (χ3v) is 6.38. The fraction of sp³-hybridized carbons (Fsp3) is 0.200. The average Bonchev–Trinajstić information content (AvgIpc) is 3.02. The lowest BCUT2D eigenvalue weighted by Gasteiger charge is -2.13. The number of carbonyl (C=O) groups excluding carboxylic acids is 1. The number of nitrogens with one attached hydrogen (secondary N) is 1. The number of ether oxygens (including phenoxy) is 1. The van der Waals surface area contributed by atoms with Crippen molar-refractivity contribution >= 4 is 52.0 Å². The molecule has 0 aliphatic carbocycles. The number of halogens is 3. The topological polar surface area (TPSA) is 75.0 Å². The number of carbonyl (C=O) groups is 1. The van der Waals surface area contributed by atoms with E-state index in [4.69, 9.17) is 17.0 Å². The number of thioether (sulfide) groups is 2. The molecule has 160 valence electrons. The van der Waals surface area contributed by atoms with Crippen LogP contribution in [0.1, 0.15) is 27.9 Å². The van der Waals surface area contributed by atoms with Crippen molar-refractivity contribution in [2.75, 3.05) is 7.11 Å². The van der Waals surface area contributed by atoms with Crippen LogP contribution in [-0.4, -0.2) is 22.3 Å². The highest BCUT2D eigenvalue weighted by Gasteiger charge is 2.34. The van der Waals surface area contributed by atoms with Crippen molar-refractivity contribution in [3.05, 3.63) is 57.1 Å². The Morgan fingerprint density at radius 1 is 1.39 bits per heavy atom. The fourth-order valence-electron chi connectivity index (χ4n) is 2.75. The van der Waals surface area contributed by atoms with Gasteiger partial charge in [-0.1, -0.05) is 30.0 Å². The van der Waals surface area contributed by atoms with Crippen LogP contribution in [0.3, 0.4) is 0 Å². The molecule has 0 unspecified atom stereocenters. The van der Waals surface area contributed by atoms with Crippen molar-refractivity contribution in [3.8, 4) is 11.8 Å². The van der Waals surface area contributed by atoms with Crippen molar-refractivity contribution < 1.29 is 22.7 Å². The van der Waals surface area contributed by atoms with E-state index in [1.54, 1.807) is 24.3 Å². The number of benzene rings is 1. The number of hydrogen-bond donors (Lipinski definition) is 1. The third kappa shape index (κ3) is 5.39. The molecule has 0 spiro atoms. The maximum absolute atomic E-state index is 13.1. The van der Waals surface area contributed by atoms with E-state index in [0.29, 0.717) is 26.1 Å². The summed E-state index contributed by atoms with van der Waals surface area (Å²) in [6.07, 6.45) is -2.95. The predicted molar refractivity (Wildman–Crippen MR) is 118 cm³/mol. The van der Waals surface area contributed by atoms with Crippen LogP contribution in [0.2, 0.25) is 0 Å². The highest BCUT2D eigenvalue weighted by atomic mass is 32.2. The number of nitriles is 1. The largest absolute Gasteiger partial charge is 0.496 e. The molecular weight excluding hydrogens is 467 g/mol. The van der Waals surface area contributed by atoms with Crippen LogP contribution in [0.15, 0.2) is 34.2 Å². The zero-order valence-corrected chi connectivity index (χ0v) is 18.6. The molecule has 0 radical (unpaired) electrons.